The van der Waals surface area contributed by atoms with Crippen molar-refractivity contribution in [2.24, 2.45) is 0 Å². The van der Waals surface area contributed by atoms with Crippen LogP contribution in [0.4, 0.5) is 8.78 Å². The lowest BCUT2D eigenvalue weighted by Crippen LogP contribution is -2.22. The molecule has 1 aliphatic carbocycles. The molecule has 0 spiro atoms. The summed E-state index contributed by atoms with van der Waals surface area (Å²) in [6.45, 7) is 1.46. The van der Waals surface area contributed by atoms with Gasteiger partial charge in [-0.05, 0) is 25.8 Å². The summed E-state index contributed by atoms with van der Waals surface area (Å²) in [6.07, 6.45) is 1.94. The summed E-state index contributed by atoms with van der Waals surface area (Å²) in [5.74, 6) is -3.88. The quantitative estimate of drug-likeness (QED) is 0.520. The minimum absolute atomic E-state index is 0.0354. The molecule has 0 amide bonds. The molecule has 1 heterocycles. The Morgan fingerprint density at radius 1 is 1.31 bits per heavy atom. The lowest BCUT2D eigenvalue weighted by atomic mass is 10.0. The van der Waals surface area contributed by atoms with Crippen molar-refractivity contribution in [2.75, 3.05) is 13.2 Å². The molecular weight excluding hydrogens is 386 g/mol. The Bertz CT molecular complexity index is 1080. The smallest absolute Gasteiger partial charge is 0.343 e. The molecule has 1 fully saturated rings. The van der Waals surface area contributed by atoms with Crippen LogP contribution in [0.15, 0.2) is 17.1 Å². The monoisotopic (exact) mass is 404 g/mol. The average molecular weight is 404 g/mol. The van der Waals surface area contributed by atoms with Crippen LogP contribution in [0.2, 0.25) is 0 Å². The van der Waals surface area contributed by atoms with E-state index in [1.54, 1.807) is 13.0 Å². The van der Waals surface area contributed by atoms with Gasteiger partial charge in [0.15, 0.2) is 5.82 Å². The second-order valence-electron chi connectivity index (χ2n) is 6.58. The van der Waals surface area contributed by atoms with E-state index >= 15 is 4.39 Å². The van der Waals surface area contributed by atoms with Gasteiger partial charge in [-0.25, -0.2) is 13.6 Å². The van der Waals surface area contributed by atoms with Crippen LogP contribution in [0.1, 0.15) is 48.1 Å². The van der Waals surface area contributed by atoms with Gasteiger partial charge >= 0.3 is 11.9 Å². The Morgan fingerprint density at radius 2 is 2.03 bits per heavy atom. The zero-order chi connectivity index (χ0) is 21.1. The fourth-order valence-corrected chi connectivity index (χ4v) is 3.04. The molecule has 1 saturated carbocycles. The number of ether oxygens (including phenoxy) is 2. The molecule has 0 aliphatic heterocycles. The van der Waals surface area contributed by atoms with Crippen molar-refractivity contribution in [2.45, 2.75) is 38.6 Å². The summed E-state index contributed by atoms with van der Waals surface area (Å²) in [7, 11) is 0. The Balaban J connectivity index is 2.12. The van der Waals surface area contributed by atoms with Gasteiger partial charge in [-0.1, -0.05) is 0 Å². The molecule has 9 heteroatoms. The standard InChI is InChI=1S/C20H18F2N2O5/c1-2-28-20(27)14-10-24(11-4-5-11)18-13(19(14)26)8-15(21)12(17(18)22)9-16(25)29-7-3-6-23/h8,10-11H,2-5,7,9H2,1H3. The van der Waals surface area contributed by atoms with Crippen LogP contribution >= 0.6 is 0 Å². The fourth-order valence-electron chi connectivity index (χ4n) is 3.04. The lowest BCUT2D eigenvalue weighted by molar-refractivity contribution is -0.142. The Labute approximate surface area is 164 Å². The highest BCUT2D eigenvalue weighted by atomic mass is 19.1. The van der Waals surface area contributed by atoms with Gasteiger partial charge in [0.25, 0.3) is 0 Å². The summed E-state index contributed by atoms with van der Waals surface area (Å²) in [5.41, 5.74) is -1.83. The molecule has 1 aliphatic rings. The van der Waals surface area contributed by atoms with E-state index in [2.05, 4.69) is 0 Å². The van der Waals surface area contributed by atoms with Gasteiger partial charge in [-0.3, -0.25) is 9.59 Å². The molecule has 0 unspecified atom stereocenters. The molecule has 1 aromatic heterocycles. The van der Waals surface area contributed by atoms with Gasteiger partial charge in [0.2, 0.25) is 5.43 Å². The Morgan fingerprint density at radius 3 is 2.66 bits per heavy atom. The number of fused-ring (bicyclic) bond motifs is 1. The summed E-state index contributed by atoms with van der Waals surface area (Å²) in [5, 5.41) is 8.17. The number of nitriles is 1. The molecule has 0 bridgehead atoms. The number of esters is 2. The first-order valence-corrected chi connectivity index (χ1v) is 9.14. The maximum absolute atomic E-state index is 15.2. The van der Waals surface area contributed by atoms with Gasteiger partial charge in [-0.15, -0.1) is 0 Å². The molecule has 2 aromatic rings. The highest BCUT2D eigenvalue weighted by Gasteiger charge is 2.30. The minimum atomic E-state index is -1.09. The fraction of sp³-hybridized carbons (Fsp3) is 0.400. The third-order valence-corrected chi connectivity index (χ3v) is 4.54. The number of pyridine rings is 1. The zero-order valence-corrected chi connectivity index (χ0v) is 15.7. The van der Waals surface area contributed by atoms with Crippen LogP contribution in [0.3, 0.4) is 0 Å². The zero-order valence-electron chi connectivity index (χ0n) is 15.7. The number of carbonyl (C=O) groups excluding carboxylic acids is 2. The second-order valence-corrected chi connectivity index (χ2v) is 6.58. The number of carbonyl (C=O) groups is 2. The van der Waals surface area contributed by atoms with E-state index in [0.717, 1.165) is 6.07 Å². The van der Waals surface area contributed by atoms with Crippen LogP contribution in [-0.2, 0) is 20.7 Å². The number of benzene rings is 1. The molecular formula is C20H18F2N2O5. The van der Waals surface area contributed by atoms with Crippen LogP contribution in [-0.4, -0.2) is 29.7 Å². The molecule has 7 nitrogen and oxygen atoms in total. The first-order chi connectivity index (χ1) is 13.9. The first kappa shape index (κ1) is 20.5. The SMILES string of the molecule is CCOC(=O)c1cn(C2CC2)c2c(F)c(CC(=O)OCCC#N)c(F)cc2c1=O. The van der Waals surface area contributed by atoms with E-state index in [1.807, 2.05) is 0 Å². The maximum Gasteiger partial charge on any atom is 0.343 e. The van der Waals surface area contributed by atoms with Gasteiger partial charge < -0.3 is 14.0 Å². The second kappa shape index (κ2) is 8.39. The van der Waals surface area contributed by atoms with Crippen molar-refractivity contribution < 1.29 is 27.8 Å². The van der Waals surface area contributed by atoms with Gasteiger partial charge in [-0.2, -0.15) is 5.26 Å². The molecule has 152 valence electrons. The molecule has 0 saturated heterocycles. The van der Waals surface area contributed by atoms with Crippen LogP contribution in [0, 0.1) is 23.0 Å². The van der Waals surface area contributed by atoms with Gasteiger partial charge in [0.1, 0.15) is 18.0 Å². The largest absolute Gasteiger partial charge is 0.464 e. The predicted molar refractivity (Wildman–Crippen MR) is 97.2 cm³/mol. The molecule has 29 heavy (non-hydrogen) atoms. The Kier molecular flexibility index (Phi) is 5.92. The highest BCUT2D eigenvalue weighted by molar-refractivity contribution is 5.94. The number of rotatable bonds is 7. The number of nitrogens with zero attached hydrogens (tertiary/aromatic N) is 2. The van der Waals surface area contributed by atoms with Crippen LogP contribution < -0.4 is 5.43 Å². The highest BCUT2D eigenvalue weighted by Crippen LogP contribution is 2.38. The van der Waals surface area contributed by atoms with E-state index in [4.69, 9.17) is 14.7 Å². The minimum Gasteiger partial charge on any atom is -0.464 e. The third kappa shape index (κ3) is 4.11. The number of halogens is 2. The van der Waals surface area contributed by atoms with E-state index in [9.17, 15) is 18.8 Å². The molecule has 0 radical (unpaired) electrons. The molecule has 3 rings (SSSR count). The average Bonchev–Trinajstić information content (AvgIpc) is 3.51. The van der Waals surface area contributed by atoms with E-state index in [1.165, 1.54) is 10.8 Å². The maximum atomic E-state index is 15.2. The lowest BCUT2D eigenvalue weighted by Gasteiger charge is -2.15. The van der Waals surface area contributed by atoms with Crippen molar-refractivity contribution in [3.05, 3.63) is 45.2 Å². The van der Waals surface area contributed by atoms with Crippen molar-refractivity contribution >= 4 is 22.8 Å². The van der Waals surface area contributed by atoms with Crippen molar-refractivity contribution in [1.29, 1.82) is 5.26 Å². The van der Waals surface area contributed by atoms with Crippen LogP contribution in [0.5, 0.6) is 0 Å². The van der Waals surface area contributed by atoms with Crippen molar-refractivity contribution in [3.8, 4) is 6.07 Å². The van der Waals surface area contributed by atoms with Crippen molar-refractivity contribution in [1.82, 2.24) is 4.57 Å². The number of hydrogen-bond donors (Lipinski definition) is 0. The summed E-state index contributed by atoms with van der Waals surface area (Å²) < 4.78 is 40.9. The van der Waals surface area contributed by atoms with E-state index < -0.39 is 41.0 Å². The molecule has 0 atom stereocenters. The predicted octanol–water partition coefficient (Wildman–Crippen LogP) is 2.79. The van der Waals surface area contributed by atoms with E-state index in [-0.39, 0.29) is 42.1 Å². The number of hydrogen-bond acceptors (Lipinski definition) is 6. The first-order valence-electron chi connectivity index (χ1n) is 9.14. The summed E-state index contributed by atoms with van der Waals surface area (Å²) >= 11 is 0. The van der Waals surface area contributed by atoms with Gasteiger partial charge in [0.05, 0.1) is 36.4 Å². The van der Waals surface area contributed by atoms with Crippen LogP contribution in [0.25, 0.3) is 10.9 Å². The molecule has 1 aromatic carbocycles. The van der Waals surface area contributed by atoms with E-state index in [0.29, 0.717) is 12.8 Å². The normalized spacial score (nSPS) is 13.2. The van der Waals surface area contributed by atoms with Gasteiger partial charge in [0, 0.05) is 17.8 Å². The summed E-state index contributed by atoms with van der Waals surface area (Å²) in [6, 6.07) is 2.49. The number of aromatic nitrogens is 1. The van der Waals surface area contributed by atoms with Crippen molar-refractivity contribution in [3.63, 3.8) is 0 Å². The Hall–Kier alpha value is -3.28. The molecule has 0 N–H and O–H groups in total. The topological polar surface area (TPSA) is 98.4 Å². The summed E-state index contributed by atoms with van der Waals surface area (Å²) in [4.78, 5) is 36.6. The third-order valence-electron chi connectivity index (χ3n) is 4.54.